The fourth-order valence-electron chi connectivity index (χ4n) is 2.25. The number of nitrogens with zero attached hydrogens (tertiary/aromatic N) is 6. The number of aromatic amines is 1. The molecule has 0 radical (unpaired) electrons. The SMILES string of the molecule is Cc1nn(C)c2ncc(C(=O)N(C)Cc3ncn[nH]3)cc12. The van der Waals surface area contributed by atoms with E-state index >= 15 is 0 Å². The summed E-state index contributed by atoms with van der Waals surface area (Å²) < 4.78 is 1.71. The van der Waals surface area contributed by atoms with Crippen LogP contribution in [0, 0.1) is 6.92 Å². The highest BCUT2D eigenvalue weighted by molar-refractivity contribution is 5.97. The minimum absolute atomic E-state index is 0.121. The third-order valence-electron chi connectivity index (χ3n) is 3.31. The first-order chi connectivity index (χ1) is 10.1. The number of hydrogen-bond donors (Lipinski definition) is 1. The highest BCUT2D eigenvalue weighted by atomic mass is 16.2. The Bertz CT molecular complexity index is 790. The van der Waals surface area contributed by atoms with Crippen LogP contribution in [-0.2, 0) is 13.6 Å². The zero-order valence-electron chi connectivity index (χ0n) is 12.0. The van der Waals surface area contributed by atoms with Crippen LogP contribution in [0.15, 0.2) is 18.6 Å². The first kappa shape index (κ1) is 13.2. The molecule has 8 heteroatoms. The average Bonchev–Trinajstić information content (AvgIpc) is 3.07. The van der Waals surface area contributed by atoms with Crippen LogP contribution in [0.4, 0.5) is 0 Å². The summed E-state index contributed by atoms with van der Waals surface area (Å²) >= 11 is 0. The number of carbonyl (C=O) groups is 1. The second-order valence-electron chi connectivity index (χ2n) is 4.90. The first-order valence-corrected chi connectivity index (χ1v) is 6.45. The van der Waals surface area contributed by atoms with Crippen LogP contribution in [0.3, 0.4) is 0 Å². The molecule has 0 aliphatic carbocycles. The molecule has 1 amide bonds. The van der Waals surface area contributed by atoms with Crippen LogP contribution in [0.2, 0.25) is 0 Å². The van der Waals surface area contributed by atoms with E-state index in [4.69, 9.17) is 0 Å². The Morgan fingerprint density at radius 1 is 1.43 bits per heavy atom. The van der Waals surface area contributed by atoms with Crippen molar-refractivity contribution in [2.75, 3.05) is 7.05 Å². The van der Waals surface area contributed by atoms with Crippen molar-refractivity contribution >= 4 is 16.9 Å². The van der Waals surface area contributed by atoms with E-state index in [-0.39, 0.29) is 5.91 Å². The lowest BCUT2D eigenvalue weighted by atomic mass is 10.2. The van der Waals surface area contributed by atoms with E-state index in [0.717, 1.165) is 16.7 Å². The zero-order valence-corrected chi connectivity index (χ0v) is 12.0. The van der Waals surface area contributed by atoms with Gasteiger partial charge in [-0.15, -0.1) is 0 Å². The molecule has 108 valence electrons. The van der Waals surface area contributed by atoms with Crippen molar-refractivity contribution in [3.05, 3.63) is 35.7 Å². The summed E-state index contributed by atoms with van der Waals surface area (Å²) in [5, 5.41) is 11.7. The molecule has 0 aliphatic rings. The lowest BCUT2D eigenvalue weighted by Gasteiger charge is -2.15. The molecule has 0 bridgehead atoms. The van der Waals surface area contributed by atoms with E-state index in [0.29, 0.717) is 17.9 Å². The molecule has 3 aromatic rings. The van der Waals surface area contributed by atoms with E-state index < -0.39 is 0 Å². The summed E-state index contributed by atoms with van der Waals surface area (Å²) in [6.07, 6.45) is 2.99. The Hall–Kier alpha value is -2.77. The van der Waals surface area contributed by atoms with E-state index in [9.17, 15) is 4.79 Å². The van der Waals surface area contributed by atoms with Gasteiger partial charge in [0.25, 0.3) is 5.91 Å². The molecular weight excluding hydrogens is 270 g/mol. The minimum Gasteiger partial charge on any atom is -0.334 e. The van der Waals surface area contributed by atoms with Gasteiger partial charge in [0, 0.05) is 25.7 Å². The number of carbonyl (C=O) groups excluding carboxylic acids is 1. The highest BCUT2D eigenvalue weighted by Crippen LogP contribution is 2.17. The van der Waals surface area contributed by atoms with E-state index in [1.807, 2.05) is 20.0 Å². The number of rotatable bonds is 3. The van der Waals surface area contributed by atoms with Crippen molar-refractivity contribution in [3.8, 4) is 0 Å². The normalized spacial score (nSPS) is 11.0. The van der Waals surface area contributed by atoms with Crippen molar-refractivity contribution in [1.29, 1.82) is 0 Å². The number of H-pyrrole nitrogens is 1. The number of hydrogen-bond acceptors (Lipinski definition) is 5. The van der Waals surface area contributed by atoms with Crippen LogP contribution in [0.5, 0.6) is 0 Å². The second-order valence-corrected chi connectivity index (χ2v) is 4.90. The van der Waals surface area contributed by atoms with Crippen LogP contribution in [-0.4, -0.2) is 47.8 Å². The molecule has 1 N–H and O–H groups in total. The maximum atomic E-state index is 12.4. The summed E-state index contributed by atoms with van der Waals surface area (Å²) in [7, 11) is 3.55. The number of aromatic nitrogens is 6. The minimum atomic E-state index is -0.121. The van der Waals surface area contributed by atoms with Gasteiger partial charge in [-0.25, -0.2) is 9.97 Å². The largest absolute Gasteiger partial charge is 0.334 e. The Morgan fingerprint density at radius 3 is 2.95 bits per heavy atom. The van der Waals surface area contributed by atoms with Crippen LogP contribution in [0.1, 0.15) is 21.9 Å². The molecular formula is C13H15N7O. The molecule has 3 aromatic heterocycles. The molecule has 0 aromatic carbocycles. The standard InChI is InChI=1S/C13H15N7O/c1-8-10-4-9(5-14-12(10)20(3)18-8)13(21)19(2)6-11-15-7-16-17-11/h4-5,7H,6H2,1-3H3,(H,15,16,17). The predicted molar refractivity (Wildman–Crippen MR) is 75.4 cm³/mol. The lowest BCUT2D eigenvalue weighted by molar-refractivity contribution is 0.0781. The number of nitrogens with one attached hydrogen (secondary N) is 1. The van der Waals surface area contributed by atoms with Gasteiger partial charge in [0.15, 0.2) is 5.65 Å². The zero-order chi connectivity index (χ0) is 15.0. The maximum Gasteiger partial charge on any atom is 0.255 e. The number of pyridine rings is 1. The van der Waals surface area contributed by atoms with Gasteiger partial charge in [-0.1, -0.05) is 0 Å². The quantitative estimate of drug-likeness (QED) is 0.763. The molecule has 8 nitrogen and oxygen atoms in total. The van der Waals surface area contributed by atoms with Crippen molar-refractivity contribution < 1.29 is 4.79 Å². The Morgan fingerprint density at radius 2 is 2.24 bits per heavy atom. The fourth-order valence-corrected chi connectivity index (χ4v) is 2.25. The van der Waals surface area contributed by atoms with Crippen molar-refractivity contribution in [1.82, 2.24) is 34.8 Å². The Balaban J connectivity index is 1.89. The summed E-state index contributed by atoms with van der Waals surface area (Å²) in [6, 6.07) is 1.82. The van der Waals surface area contributed by atoms with Gasteiger partial charge in [0.2, 0.25) is 0 Å². The van der Waals surface area contributed by atoms with Gasteiger partial charge in [-0.2, -0.15) is 10.2 Å². The molecule has 0 aliphatic heterocycles. The Kier molecular flexibility index (Phi) is 3.13. The molecule has 0 fully saturated rings. The van der Waals surface area contributed by atoms with Gasteiger partial charge >= 0.3 is 0 Å². The predicted octanol–water partition coefficient (Wildman–Crippen LogP) is 0.667. The molecule has 0 saturated carbocycles. The summed E-state index contributed by atoms with van der Waals surface area (Å²) in [6.45, 7) is 2.26. The van der Waals surface area contributed by atoms with Crippen LogP contribution >= 0.6 is 0 Å². The molecule has 3 rings (SSSR count). The average molecular weight is 285 g/mol. The van der Waals surface area contributed by atoms with Gasteiger partial charge < -0.3 is 4.90 Å². The third-order valence-corrected chi connectivity index (χ3v) is 3.31. The fraction of sp³-hybridized carbons (Fsp3) is 0.308. The molecule has 21 heavy (non-hydrogen) atoms. The van der Waals surface area contributed by atoms with Crippen LogP contribution in [0.25, 0.3) is 11.0 Å². The van der Waals surface area contributed by atoms with Crippen LogP contribution < -0.4 is 0 Å². The van der Waals surface area contributed by atoms with Gasteiger partial charge in [0.1, 0.15) is 12.2 Å². The molecule has 0 atom stereocenters. The number of fused-ring (bicyclic) bond motifs is 1. The number of amides is 1. The second kappa shape index (κ2) is 4.97. The molecule has 3 heterocycles. The third kappa shape index (κ3) is 2.35. The molecule has 0 saturated heterocycles. The lowest BCUT2D eigenvalue weighted by Crippen LogP contribution is -2.26. The highest BCUT2D eigenvalue weighted by Gasteiger charge is 2.16. The summed E-state index contributed by atoms with van der Waals surface area (Å²) in [4.78, 5) is 22.3. The molecule has 0 spiro atoms. The topological polar surface area (TPSA) is 92.6 Å². The van der Waals surface area contributed by atoms with Gasteiger partial charge in [-0.3, -0.25) is 14.6 Å². The van der Waals surface area contributed by atoms with E-state index in [1.165, 1.54) is 6.33 Å². The van der Waals surface area contributed by atoms with Gasteiger partial charge in [-0.05, 0) is 13.0 Å². The van der Waals surface area contributed by atoms with E-state index in [2.05, 4.69) is 25.3 Å². The summed E-state index contributed by atoms with van der Waals surface area (Å²) in [5.74, 6) is 0.515. The van der Waals surface area contributed by atoms with Crippen molar-refractivity contribution in [2.45, 2.75) is 13.5 Å². The smallest absolute Gasteiger partial charge is 0.255 e. The summed E-state index contributed by atoms with van der Waals surface area (Å²) in [5.41, 5.74) is 2.15. The van der Waals surface area contributed by atoms with Crippen molar-refractivity contribution in [2.24, 2.45) is 7.05 Å². The van der Waals surface area contributed by atoms with Gasteiger partial charge in [0.05, 0.1) is 17.8 Å². The first-order valence-electron chi connectivity index (χ1n) is 6.45. The molecule has 0 unspecified atom stereocenters. The van der Waals surface area contributed by atoms with Crippen molar-refractivity contribution in [3.63, 3.8) is 0 Å². The maximum absolute atomic E-state index is 12.4. The van der Waals surface area contributed by atoms with E-state index in [1.54, 1.807) is 22.8 Å². The number of aryl methyl sites for hydroxylation is 2. The Labute approximate surface area is 120 Å². The monoisotopic (exact) mass is 285 g/mol.